The zero-order valence-electron chi connectivity index (χ0n) is 11.5. The van der Waals surface area contributed by atoms with E-state index < -0.39 is 5.82 Å². The summed E-state index contributed by atoms with van der Waals surface area (Å²) in [6, 6.07) is 17.3. The van der Waals surface area contributed by atoms with E-state index in [4.69, 9.17) is 5.73 Å². The molecule has 1 heterocycles. The second kappa shape index (κ2) is 5.58. The second-order valence-electron chi connectivity index (χ2n) is 4.57. The van der Waals surface area contributed by atoms with Gasteiger partial charge in [-0.2, -0.15) is 5.26 Å². The van der Waals surface area contributed by atoms with E-state index in [-0.39, 0.29) is 22.9 Å². The number of rotatable bonds is 3. The maximum atomic E-state index is 13.7. The Balaban J connectivity index is 2.06. The molecule has 3 aromatic rings. The summed E-state index contributed by atoms with van der Waals surface area (Å²) in [6.07, 6.45) is 0. The normalized spacial score (nSPS) is 10.2. The van der Waals surface area contributed by atoms with Gasteiger partial charge < -0.3 is 11.1 Å². The number of nitrogen functional groups attached to an aromatic ring is 1. The molecule has 0 aliphatic rings. The number of hydrogen-bond donors (Lipinski definition) is 2. The number of nitriles is 1. The van der Waals surface area contributed by atoms with Crippen molar-refractivity contribution in [2.45, 2.75) is 0 Å². The molecule has 0 saturated carbocycles. The van der Waals surface area contributed by atoms with Gasteiger partial charge in [0.25, 0.3) is 0 Å². The highest BCUT2D eigenvalue weighted by molar-refractivity contribution is 5.71. The average Bonchev–Trinajstić information content (AvgIpc) is 2.86. The predicted octanol–water partition coefficient (Wildman–Crippen LogP) is 3.21. The monoisotopic (exact) mass is 293 g/mol. The van der Waals surface area contributed by atoms with Crippen molar-refractivity contribution < 1.29 is 4.39 Å². The van der Waals surface area contributed by atoms with E-state index in [1.165, 1.54) is 10.7 Å². The van der Waals surface area contributed by atoms with Crippen LogP contribution in [-0.2, 0) is 0 Å². The van der Waals surface area contributed by atoms with Gasteiger partial charge in [-0.1, -0.05) is 30.3 Å². The Morgan fingerprint density at radius 3 is 2.45 bits per heavy atom. The summed E-state index contributed by atoms with van der Waals surface area (Å²) in [5.41, 5.74) is 7.11. The van der Waals surface area contributed by atoms with E-state index in [0.29, 0.717) is 0 Å². The van der Waals surface area contributed by atoms with Crippen LogP contribution in [0.2, 0.25) is 0 Å². The molecule has 1 aromatic heterocycles. The van der Waals surface area contributed by atoms with Gasteiger partial charge in [0.1, 0.15) is 23.3 Å². The van der Waals surface area contributed by atoms with E-state index in [0.717, 1.165) is 5.69 Å². The first-order chi connectivity index (χ1) is 10.7. The van der Waals surface area contributed by atoms with Gasteiger partial charge in [-0.25, -0.2) is 9.07 Å². The van der Waals surface area contributed by atoms with Gasteiger partial charge in [0.05, 0.1) is 11.4 Å². The Labute approximate surface area is 126 Å². The summed E-state index contributed by atoms with van der Waals surface area (Å²) in [7, 11) is 0. The van der Waals surface area contributed by atoms with Crippen molar-refractivity contribution in [3.63, 3.8) is 0 Å². The molecule has 2 aromatic carbocycles. The summed E-state index contributed by atoms with van der Waals surface area (Å²) in [6.45, 7) is 0. The van der Waals surface area contributed by atoms with E-state index in [2.05, 4.69) is 10.4 Å². The molecule has 3 rings (SSSR count). The van der Waals surface area contributed by atoms with Crippen LogP contribution >= 0.6 is 0 Å². The van der Waals surface area contributed by atoms with Gasteiger partial charge in [-0.3, -0.25) is 0 Å². The molecular weight excluding hydrogens is 281 g/mol. The van der Waals surface area contributed by atoms with Crippen LogP contribution in [0.25, 0.3) is 5.69 Å². The van der Waals surface area contributed by atoms with Crippen LogP contribution in [0, 0.1) is 17.1 Å². The molecule has 5 nitrogen and oxygen atoms in total. The summed E-state index contributed by atoms with van der Waals surface area (Å²) in [4.78, 5) is 0. The van der Waals surface area contributed by atoms with Crippen LogP contribution in [-0.4, -0.2) is 9.78 Å². The fourth-order valence-electron chi connectivity index (χ4n) is 2.08. The minimum Gasteiger partial charge on any atom is -0.382 e. The summed E-state index contributed by atoms with van der Waals surface area (Å²) in [5, 5.41) is 16.4. The van der Waals surface area contributed by atoms with E-state index >= 15 is 0 Å². The summed E-state index contributed by atoms with van der Waals surface area (Å²) in [5.74, 6) is -0.0132. The molecule has 6 heteroatoms. The smallest absolute Gasteiger partial charge is 0.173 e. The molecule has 0 radical (unpaired) electrons. The van der Waals surface area contributed by atoms with Crippen molar-refractivity contribution >= 4 is 17.3 Å². The first-order valence-electron chi connectivity index (χ1n) is 6.56. The number of halogens is 1. The van der Waals surface area contributed by atoms with Crippen molar-refractivity contribution in [2.75, 3.05) is 11.1 Å². The highest BCUT2D eigenvalue weighted by Gasteiger charge is 2.17. The van der Waals surface area contributed by atoms with Crippen LogP contribution in [0.5, 0.6) is 0 Å². The molecule has 22 heavy (non-hydrogen) atoms. The molecule has 0 atom stereocenters. The van der Waals surface area contributed by atoms with E-state index in [9.17, 15) is 9.65 Å². The Kier molecular flexibility index (Phi) is 3.46. The van der Waals surface area contributed by atoms with Crippen molar-refractivity contribution in [3.8, 4) is 11.8 Å². The fraction of sp³-hybridized carbons (Fsp3) is 0. The van der Waals surface area contributed by atoms with Crippen molar-refractivity contribution in [1.29, 1.82) is 5.26 Å². The Morgan fingerprint density at radius 1 is 1.09 bits per heavy atom. The lowest BCUT2D eigenvalue weighted by Crippen LogP contribution is -2.02. The number of nitrogens with two attached hydrogens (primary N) is 1. The average molecular weight is 293 g/mol. The van der Waals surface area contributed by atoms with Crippen LogP contribution in [0.4, 0.5) is 21.7 Å². The number of benzene rings is 2. The third-order valence-electron chi connectivity index (χ3n) is 3.16. The molecule has 0 aliphatic heterocycles. The maximum Gasteiger partial charge on any atom is 0.173 e. The molecule has 3 N–H and O–H groups in total. The van der Waals surface area contributed by atoms with Crippen LogP contribution in [0.3, 0.4) is 0 Å². The Morgan fingerprint density at radius 2 is 1.77 bits per heavy atom. The van der Waals surface area contributed by atoms with Crippen LogP contribution in [0.15, 0.2) is 54.6 Å². The lowest BCUT2D eigenvalue weighted by Gasteiger charge is -2.04. The van der Waals surface area contributed by atoms with Gasteiger partial charge >= 0.3 is 0 Å². The summed E-state index contributed by atoms with van der Waals surface area (Å²) < 4.78 is 15.2. The first kappa shape index (κ1) is 13.6. The molecule has 0 aliphatic carbocycles. The van der Waals surface area contributed by atoms with Crippen molar-refractivity contribution in [2.24, 2.45) is 0 Å². The number of nitrogens with one attached hydrogen (secondary N) is 1. The number of aromatic nitrogens is 2. The highest BCUT2D eigenvalue weighted by Crippen LogP contribution is 2.27. The zero-order valence-corrected chi connectivity index (χ0v) is 11.5. The van der Waals surface area contributed by atoms with E-state index in [1.54, 1.807) is 18.2 Å². The molecule has 0 unspecified atom stereocenters. The third-order valence-corrected chi connectivity index (χ3v) is 3.16. The Bertz CT molecular complexity index is 849. The van der Waals surface area contributed by atoms with Gasteiger partial charge in [0.15, 0.2) is 5.82 Å². The molecule has 0 fully saturated rings. The number of nitrogens with zero attached hydrogens (tertiary/aromatic N) is 3. The topological polar surface area (TPSA) is 79.7 Å². The number of para-hydroxylation sites is 2. The first-order valence-corrected chi connectivity index (χ1v) is 6.56. The Hall–Kier alpha value is -3.33. The minimum absolute atomic E-state index is 0.173. The van der Waals surface area contributed by atoms with E-state index in [1.807, 2.05) is 36.4 Å². The predicted molar refractivity (Wildman–Crippen MR) is 82.4 cm³/mol. The highest BCUT2D eigenvalue weighted by atomic mass is 19.1. The molecule has 0 spiro atoms. The second-order valence-corrected chi connectivity index (χ2v) is 4.57. The SMILES string of the molecule is N#Cc1c(Nc2ccccc2F)nn(-c2ccccc2)c1N. The summed E-state index contributed by atoms with van der Waals surface area (Å²) >= 11 is 0. The standard InChI is InChI=1S/C16H12FN5/c17-13-8-4-5-9-14(13)20-16-12(10-18)15(19)22(21-16)11-6-2-1-3-7-11/h1-9H,19H2,(H,20,21). The van der Waals surface area contributed by atoms with Crippen LogP contribution in [0.1, 0.15) is 5.56 Å². The third kappa shape index (κ3) is 2.36. The van der Waals surface area contributed by atoms with Crippen LogP contribution < -0.4 is 11.1 Å². The minimum atomic E-state index is -0.431. The zero-order chi connectivity index (χ0) is 15.5. The molecule has 0 bridgehead atoms. The number of anilines is 3. The maximum absolute atomic E-state index is 13.7. The van der Waals surface area contributed by atoms with Gasteiger partial charge in [-0.15, -0.1) is 5.10 Å². The number of hydrogen-bond acceptors (Lipinski definition) is 4. The molecule has 108 valence electrons. The molecule has 0 amide bonds. The molecular formula is C16H12FN5. The molecule has 0 saturated heterocycles. The van der Waals surface area contributed by atoms with Gasteiger partial charge in [-0.05, 0) is 24.3 Å². The lowest BCUT2D eigenvalue weighted by molar-refractivity contribution is 0.631. The van der Waals surface area contributed by atoms with Crippen molar-refractivity contribution in [3.05, 3.63) is 66.0 Å². The quantitative estimate of drug-likeness (QED) is 0.777. The van der Waals surface area contributed by atoms with Gasteiger partial charge in [0, 0.05) is 0 Å². The largest absolute Gasteiger partial charge is 0.382 e. The fourth-order valence-corrected chi connectivity index (χ4v) is 2.08. The lowest BCUT2D eigenvalue weighted by atomic mass is 10.2. The van der Waals surface area contributed by atoms with Crippen molar-refractivity contribution in [1.82, 2.24) is 9.78 Å². The van der Waals surface area contributed by atoms with Gasteiger partial charge in [0.2, 0.25) is 0 Å².